The van der Waals surface area contributed by atoms with E-state index in [1.54, 1.807) is 0 Å². The average Bonchev–Trinajstić information content (AvgIpc) is 3.85. The van der Waals surface area contributed by atoms with Crippen molar-refractivity contribution in [2.45, 2.75) is 0 Å². The number of rotatable bonds is 2. The summed E-state index contributed by atoms with van der Waals surface area (Å²) in [5.74, 6) is 0. The lowest BCUT2D eigenvalue weighted by atomic mass is 9.94. The molecule has 0 saturated carbocycles. The van der Waals surface area contributed by atoms with E-state index < -0.39 is 0 Å². The zero-order valence-electron chi connectivity index (χ0n) is 25.2. The highest BCUT2D eigenvalue weighted by molar-refractivity contribution is 7.28. The van der Waals surface area contributed by atoms with Crippen LogP contribution in [0.5, 0.6) is 0 Å². The van der Waals surface area contributed by atoms with Crippen molar-refractivity contribution in [2.75, 3.05) is 0 Å². The molecule has 11 aromatic rings. The molecule has 0 N–H and O–H groups in total. The molecule has 0 spiro atoms. The van der Waals surface area contributed by atoms with E-state index in [4.69, 9.17) is 4.98 Å². The summed E-state index contributed by atoms with van der Waals surface area (Å²) in [4.78, 5) is 4.88. The van der Waals surface area contributed by atoms with E-state index in [1.807, 2.05) is 35.7 Å². The Morgan fingerprint density at radius 3 is 1.79 bits per heavy atom. The van der Waals surface area contributed by atoms with Gasteiger partial charge < -0.3 is 8.97 Å². The van der Waals surface area contributed by atoms with E-state index >= 15 is 0 Å². The summed E-state index contributed by atoms with van der Waals surface area (Å²) in [5, 5.41) is 13.2. The van der Waals surface area contributed by atoms with Crippen LogP contribution in [-0.2, 0) is 0 Å². The summed E-state index contributed by atoms with van der Waals surface area (Å²) < 4.78 is 7.25. The van der Waals surface area contributed by atoms with Crippen molar-refractivity contribution in [2.24, 2.45) is 0 Å². The van der Waals surface area contributed by atoms with Crippen LogP contribution in [0.3, 0.4) is 0 Å². The Morgan fingerprint density at radius 1 is 0.468 bits per heavy atom. The third-order valence-electron chi connectivity index (χ3n) is 9.91. The van der Waals surface area contributed by atoms with Gasteiger partial charge in [-0.2, -0.15) is 0 Å². The van der Waals surface area contributed by atoms with Crippen LogP contribution in [0.1, 0.15) is 0 Å². The van der Waals surface area contributed by atoms with Crippen LogP contribution in [0, 0.1) is 0 Å². The first-order chi connectivity index (χ1) is 23.3. The minimum atomic E-state index is 0.952. The van der Waals surface area contributed by atoms with Crippen LogP contribution in [0.15, 0.2) is 152 Å². The third-order valence-corrected chi connectivity index (χ3v) is 11.1. The quantitative estimate of drug-likeness (QED) is 0.177. The van der Waals surface area contributed by atoms with Gasteiger partial charge in [-0.1, -0.05) is 109 Å². The predicted molar refractivity (Wildman–Crippen MR) is 200 cm³/mol. The van der Waals surface area contributed by atoms with Crippen molar-refractivity contribution in [1.82, 2.24) is 14.0 Å². The first-order valence-corrected chi connectivity index (χ1v) is 16.8. The summed E-state index contributed by atoms with van der Waals surface area (Å²) in [5.41, 5.74) is 6.67. The van der Waals surface area contributed by atoms with Crippen molar-refractivity contribution in [3.8, 4) is 16.9 Å². The van der Waals surface area contributed by atoms with Crippen LogP contribution >= 0.6 is 11.3 Å². The number of imidazole rings is 1. The van der Waals surface area contributed by atoms with Gasteiger partial charge in [0, 0.05) is 55.3 Å². The molecule has 0 bridgehead atoms. The van der Waals surface area contributed by atoms with Crippen molar-refractivity contribution in [3.63, 3.8) is 0 Å². The van der Waals surface area contributed by atoms with Crippen molar-refractivity contribution >= 4 is 91.3 Å². The number of benzene rings is 7. The molecule has 0 radical (unpaired) electrons. The Balaban J connectivity index is 1.31. The number of hydrogen-bond acceptors (Lipinski definition) is 2. The molecular weight excluding hydrogens is 591 g/mol. The van der Waals surface area contributed by atoms with Crippen molar-refractivity contribution in [3.05, 3.63) is 152 Å². The maximum Gasteiger partial charge on any atom is 0.137 e. The number of para-hydroxylation sites is 1. The second-order valence-corrected chi connectivity index (χ2v) is 13.4. The molecule has 0 saturated heterocycles. The molecule has 0 aliphatic carbocycles. The van der Waals surface area contributed by atoms with Gasteiger partial charge in [-0.25, -0.2) is 4.98 Å². The molecule has 4 heteroatoms. The molecule has 0 atom stereocenters. The fourth-order valence-corrected chi connectivity index (χ4v) is 9.33. The van der Waals surface area contributed by atoms with E-state index in [-0.39, 0.29) is 0 Å². The molecule has 11 rings (SSSR count). The van der Waals surface area contributed by atoms with Gasteiger partial charge in [-0.15, -0.1) is 11.3 Å². The largest absolute Gasteiger partial charge is 0.308 e. The lowest BCUT2D eigenvalue weighted by Crippen LogP contribution is -1.94. The maximum atomic E-state index is 4.88. The normalized spacial score (nSPS) is 12.3. The lowest BCUT2D eigenvalue weighted by molar-refractivity contribution is 1.19. The molecule has 0 aliphatic rings. The van der Waals surface area contributed by atoms with Crippen LogP contribution in [0.25, 0.3) is 96.9 Å². The van der Waals surface area contributed by atoms with Crippen LogP contribution < -0.4 is 0 Å². The molecule has 0 amide bonds. The molecule has 4 heterocycles. The summed E-state index contributed by atoms with van der Waals surface area (Å²) in [7, 11) is 0. The van der Waals surface area contributed by atoms with E-state index in [2.05, 4.69) is 136 Å². The highest BCUT2D eigenvalue weighted by Crippen LogP contribution is 2.51. The first kappa shape index (κ1) is 25.2. The minimum absolute atomic E-state index is 0.952. The number of thiophene rings is 1. The number of aromatic nitrogens is 3. The number of hydrogen-bond donors (Lipinski definition) is 0. The van der Waals surface area contributed by atoms with E-state index in [0.29, 0.717) is 0 Å². The summed E-state index contributed by atoms with van der Waals surface area (Å²) >= 11 is 1.94. The van der Waals surface area contributed by atoms with Gasteiger partial charge in [-0.05, 0) is 57.3 Å². The molecule has 0 unspecified atom stereocenters. The van der Waals surface area contributed by atoms with Gasteiger partial charge in [0.15, 0.2) is 0 Å². The topological polar surface area (TPSA) is 22.2 Å². The van der Waals surface area contributed by atoms with Crippen LogP contribution in [-0.4, -0.2) is 14.0 Å². The standard InChI is InChI=1S/C43H25N3S/c1-3-13-30-28(11-1)29-12-2-6-16-33(29)42-39(30)40-32-15-5-4-14-31(32)38-34-17-7-8-18-36(34)46(41(38)43(40)47-42)27-22-20-26(21-23-27)35-25-45-24-10-9-19-37(45)44-35/h1-25H. The predicted octanol–water partition coefficient (Wildman–Crippen LogP) is 11.9. The average molecular weight is 616 g/mol. The minimum Gasteiger partial charge on any atom is -0.308 e. The van der Waals surface area contributed by atoms with Gasteiger partial charge in [0.2, 0.25) is 0 Å². The van der Waals surface area contributed by atoms with Gasteiger partial charge in [0.25, 0.3) is 0 Å². The molecule has 3 nitrogen and oxygen atoms in total. The zero-order valence-corrected chi connectivity index (χ0v) is 26.0. The smallest absolute Gasteiger partial charge is 0.137 e. The molecule has 7 aromatic carbocycles. The van der Waals surface area contributed by atoms with Gasteiger partial charge in [-0.3, -0.25) is 0 Å². The Hall–Kier alpha value is -5.97. The molecule has 218 valence electrons. The fraction of sp³-hybridized carbons (Fsp3) is 0. The molecule has 0 fully saturated rings. The van der Waals surface area contributed by atoms with Crippen molar-refractivity contribution in [1.29, 1.82) is 0 Å². The Morgan fingerprint density at radius 2 is 1.04 bits per heavy atom. The Kier molecular flexibility index (Phi) is 4.99. The third kappa shape index (κ3) is 3.37. The SMILES string of the molecule is c1ccc2c(c1)c1ccccc1c1c2sc2c1c1ccccc1c1c3ccccc3n(-c3ccc(-c4cn5ccccc5n4)cc3)c21. The zero-order chi connectivity index (χ0) is 30.6. The van der Waals surface area contributed by atoms with Crippen LogP contribution in [0.4, 0.5) is 0 Å². The summed E-state index contributed by atoms with van der Waals surface area (Å²) in [6.45, 7) is 0. The van der Waals surface area contributed by atoms with Crippen LogP contribution in [0.2, 0.25) is 0 Å². The Bertz CT molecular complexity index is 3030. The van der Waals surface area contributed by atoms with Gasteiger partial charge >= 0.3 is 0 Å². The first-order valence-electron chi connectivity index (χ1n) is 16.0. The Labute approximate surface area is 273 Å². The number of fused-ring (bicyclic) bond motifs is 16. The lowest BCUT2D eigenvalue weighted by Gasteiger charge is -2.11. The van der Waals surface area contributed by atoms with Gasteiger partial charge in [0.05, 0.1) is 21.4 Å². The molecule has 47 heavy (non-hydrogen) atoms. The summed E-state index contributed by atoms with van der Waals surface area (Å²) in [6.07, 6.45) is 4.15. The molecule has 4 aromatic heterocycles. The number of pyridine rings is 1. The monoisotopic (exact) mass is 615 g/mol. The molecular formula is C43H25N3S. The second-order valence-electron chi connectivity index (χ2n) is 12.4. The van der Waals surface area contributed by atoms with E-state index in [0.717, 1.165) is 22.6 Å². The van der Waals surface area contributed by atoms with E-state index in [9.17, 15) is 0 Å². The molecule has 0 aliphatic heterocycles. The summed E-state index contributed by atoms with van der Waals surface area (Å²) in [6, 6.07) is 50.8. The highest BCUT2D eigenvalue weighted by atomic mass is 32.1. The number of nitrogens with zero attached hydrogens (tertiary/aromatic N) is 3. The van der Waals surface area contributed by atoms with Crippen molar-refractivity contribution < 1.29 is 0 Å². The second kappa shape index (κ2) is 9.29. The highest BCUT2D eigenvalue weighted by Gasteiger charge is 2.23. The maximum absolute atomic E-state index is 4.88. The fourth-order valence-electron chi connectivity index (χ4n) is 7.92. The van der Waals surface area contributed by atoms with Gasteiger partial charge in [0.1, 0.15) is 5.65 Å². The van der Waals surface area contributed by atoms with E-state index in [1.165, 1.54) is 74.3 Å².